The normalized spacial score (nSPS) is 11.2. The molecular formula is C12H17FN2O3. The van der Waals surface area contributed by atoms with Gasteiger partial charge in [-0.25, -0.2) is 14.7 Å². The molecule has 0 aliphatic rings. The highest BCUT2D eigenvalue weighted by Crippen LogP contribution is 2.18. The van der Waals surface area contributed by atoms with Gasteiger partial charge in [-0.1, -0.05) is 0 Å². The minimum absolute atomic E-state index is 0.0168. The van der Waals surface area contributed by atoms with Crippen molar-refractivity contribution < 1.29 is 19.1 Å². The Hall–Kier alpha value is -1.66. The fourth-order valence-electron chi connectivity index (χ4n) is 1.33. The summed E-state index contributed by atoms with van der Waals surface area (Å²) in [6.07, 6.45) is -0.631. The number of ether oxygens (including phenoxy) is 1. The summed E-state index contributed by atoms with van der Waals surface area (Å²) in [6, 6.07) is 3.84. The van der Waals surface area contributed by atoms with Gasteiger partial charge in [0, 0.05) is 12.2 Å². The fraction of sp³-hybridized carbons (Fsp3) is 0.417. The molecule has 1 amide bonds. The maximum absolute atomic E-state index is 13.0. The third-order valence-electron chi connectivity index (χ3n) is 1.97. The summed E-state index contributed by atoms with van der Waals surface area (Å²) < 4.78 is 18.1. The van der Waals surface area contributed by atoms with Crippen molar-refractivity contribution in [3.63, 3.8) is 0 Å². The van der Waals surface area contributed by atoms with Crippen LogP contribution in [0.2, 0.25) is 0 Å². The van der Waals surface area contributed by atoms with E-state index >= 15 is 0 Å². The number of anilines is 1. The largest absolute Gasteiger partial charge is 0.444 e. The first-order valence-electron chi connectivity index (χ1n) is 5.47. The van der Waals surface area contributed by atoms with Crippen molar-refractivity contribution in [2.24, 2.45) is 0 Å². The van der Waals surface area contributed by atoms with Gasteiger partial charge in [0.05, 0.1) is 0 Å². The van der Waals surface area contributed by atoms with Crippen molar-refractivity contribution in [2.45, 2.75) is 32.9 Å². The van der Waals surface area contributed by atoms with E-state index in [-0.39, 0.29) is 6.54 Å². The van der Waals surface area contributed by atoms with Gasteiger partial charge in [-0.05, 0) is 44.5 Å². The van der Waals surface area contributed by atoms with Crippen LogP contribution in [0.5, 0.6) is 0 Å². The van der Waals surface area contributed by atoms with Crippen LogP contribution in [0, 0.1) is 5.82 Å². The summed E-state index contributed by atoms with van der Waals surface area (Å²) in [4.78, 5) is 11.6. The topological polar surface area (TPSA) is 70.6 Å². The fourth-order valence-corrected chi connectivity index (χ4v) is 1.33. The Labute approximate surface area is 105 Å². The molecule has 0 bridgehead atoms. The van der Waals surface area contributed by atoms with Crippen LogP contribution in [0.4, 0.5) is 14.9 Å². The number of halogens is 1. The van der Waals surface area contributed by atoms with Crippen LogP contribution in [0.15, 0.2) is 18.2 Å². The maximum Gasteiger partial charge on any atom is 0.412 e. The summed E-state index contributed by atoms with van der Waals surface area (Å²) in [5.74, 6) is -0.449. The quantitative estimate of drug-likeness (QED) is 0.727. The smallest absolute Gasteiger partial charge is 0.412 e. The highest BCUT2D eigenvalue weighted by atomic mass is 19.1. The van der Waals surface area contributed by atoms with Crippen molar-refractivity contribution in [3.8, 4) is 0 Å². The van der Waals surface area contributed by atoms with Crippen LogP contribution < -0.4 is 10.8 Å². The van der Waals surface area contributed by atoms with E-state index in [9.17, 15) is 9.18 Å². The van der Waals surface area contributed by atoms with Crippen molar-refractivity contribution in [1.29, 1.82) is 0 Å². The molecule has 0 aliphatic heterocycles. The predicted molar refractivity (Wildman–Crippen MR) is 64.9 cm³/mol. The van der Waals surface area contributed by atoms with Gasteiger partial charge in [-0.15, -0.1) is 0 Å². The molecule has 3 N–H and O–H groups in total. The number of benzene rings is 1. The molecule has 0 aromatic heterocycles. The van der Waals surface area contributed by atoms with Gasteiger partial charge in [0.2, 0.25) is 0 Å². The average Bonchev–Trinajstić information content (AvgIpc) is 2.20. The van der Waals surface area contributed by atoms with E-state index < -0.39 is 17.5 Å². The number of hydrogen-bond acceptors (Lipinski definition) is 4. The van der Waals surface area contributed by atoms with Crippen LogP contribution in [0.3, 0.4) is 0 Å². The SMILES string of the molecule is CC(C)(C)OC(=O)Nc1ccc(F)cc1CNO. The Bertz CT molecular complexity index is 430. The van der Waals surface area contributed by atoms with Gasteiger partial charge in [0.1, 0.15) is 11.4 Å². The predicted octanol–water partition coefficient (Wildman–Crippen LogP) is 2.65. The molecule has 0 atom stereocenters. The van der Waals surface area contributed by atoms with E-state index in [0.717, 1.165) is 0 Å². The second-order valence-corrected chi connectivity index (χ2v) is 4.76. The molecule has 0 aliphatic carbocycles. The van der Waals surface area contributed by atoms with Crippen LogP contribution in [-0.2, 0) is 11.3 Å². The van der Waals surface area contributed by atoms with E-state index in [2.05, 4.69) is 5.32 Å². The van der Waals surface area contributed by atoms with Crippen molar-refractivity contribution in [1.82, 2.24) is 5.48 Å². The Morgan fingerprint density at radius 3 is 2.67 bits per heavy atom. The summed E-state index contributed by atoms with van der Waals surface area (Å²) in [5.41, 5.74) is 2.10. The maximum atomic E-state index is 13.0. The van der Waals surface area contributed by atoms with E-state index in [1.54, 1.807) is 20.8 Å². The number of rotatable bonds is 3. The second-order valence-electron chi connectivity index (χ2n) is 4.76. The van der Waals surface area contributed by atoms with Crippen LogP contribution in [-0.4, -0.2) is 16.9 Å². The van der Waals surface area contributed by atoms with Crippen LogP contribution >= 0.6 is 0 Å². The Balaban J connectivity index is 2.80. The van der Waals surface area contributed by atoms with E-state index in [1.165, 1.54) is 18.2 Å². The number of carbonyl (C=O) groups is 1. The molecule has 18 heavy (non-hydrogen) atoms. The molecule has 0 unspecified atom stereocenters. The third-order valence-corrected chi connectivity index (χ3v) is 1.97. The van der Waals surface area contributed by atoms with Crippen molar-refractivity contribution >= 4 is 11.8 Å². The van der Waals surface area contributed by atoms with Gasteiger partial charge in [0.25, 0.3) is 0 Å². The molecule has 0 saturated carbocycles. The molecule has 1 aromatic rings. The lowest BCUT2D eigenvalue weighted by Gasteiger charge is -2.20. The average molecular weight is 256 g/mol. The first kappa shape index (κ1) is 14.4. The lowest BCUT2D eigenvalue weighted by molar-refractivity contribution is 0.0635. The molecule has 0 spiro atoms. The molecule has 6 heteroatoms. The van der Waals surface area contributed by atoms with Gasteiger partial charge in [-0.3, -0.25) is 5.32 Å². The summed E-state index contributed by atoms with van der Waals surface area (Å²) in [7, 11) is 0. The zero-order valence-corrected chi connectivity index (χ0v) is 10.6. The first-order valence-corrected chi connectivity index (χ1v) is 5.47. The third kappa shape index (κ3) is 4.68. The Morgan fingerprint density at radius 2 is 2.11 bits per heavy atom. The summed E-state index contributed by atoms with van der Waals surface area (Å²) in [6.45, 7) is 5.25. The van der Waals surface area contributed by atoms with Crippen molar-refractivity contribution in [3.05, 3.63) is 29.6 Å². The highest BCUT2D eigenvalue weighted by Gasteiger charge is 2.17. The standard InChI is InChI=1S/C12H17FN2O3/c1-12(2,3)18-11(16)15-10-5-4-9(13)6-8(10)7-14-17/h4-6,14,17H,7H2,1-3H3,(H,15,16). The van der Waals surface area contributed by atoms with E-state index in [4.69, 9.17) is 9.94 Å². The molecule has 1 aromatic carbocycles. The van der Waals surface area contributed by atoms with E-state index in [0.29, 0.717) is 11.3 Å². The minimum atomic E-state index is -0.631. The molecule has 0 saturated heterocycles. The molecule has 0 radical (unpaired) electrons. The first-order chi connectivity index (χ1) is 8.31. The molecule has 5 nitrogen and oxygen atoms in total. The minimum Gasteiger partial charge on any atom is -0.444 e. The zero-order valence-electron chi connectivity index (χ0n) is 10.6. The Morgan fingerprint density at radius 1 is 1.44 bits per heavy atom. The zero-order chi connectivity index (χ0) is 13.8. The number of carbonyl (C=O) groups excluding carboxylic acids is 1. The number of nitrogens with one attached hydrogen (secondary N) is 2. The Kier molecular flexibility index (Phi) is 4.63. The molecule has 0 heterocycles. The molecule has 0 fully saturated rings. The lowest BCUT2D eigenvalue weighted by Crippen LogP contribution is -2.27. The number of amides is 1. The van der Waals surface area contributed by atoms with Gasteiger partial charge in [-0.2, -0.15) is 0 Å². The summed E-state index contributed by atoms with van der Waals surface area (Å²) >= 11 is 0. The number of hydrogen-bond donors (Lipinski definition) is 3. The van der Waals surface area contributed by atoms with E-state index in [1.807, 2.05) is 5.48 Å². The monoisotopic (exact) mass is 256 g/mol. The highest BCUT2D eigenvalue weighted by molar-refractivity contribution is 5.85. The van der Waals surface area contributed by atoms with Crippen LogP contribution in [0.1, 0.15) is 26.3 Å². The van der Waals surface area contributed by atoms with Gasteiger partial charge in [0.15, 0.2) is 0 Å². The second kappa shape index (κ2) is 5.79. The molecule has 100 valence electrons. The molecular weight excluding hydrogens is 239 g/mol. The van der Waals surface area contributed by atoms with Gasteiger partial charge >= 0.3 is 6.09 Å². The summed E-state index contributed by atoms with van der Waals surface area (Å²) in [5, 5.41) is 11.1. The molecule has 1 rings (SSSR count). The van der Waals surface area contributed by atoms with Crippen molar-refractivity contribution in [2.75, 3.05) is 5.32 Å². The van der Waals surface area contributed by atoms with Gasteiger partial charge < -0.3 is 9.94 Å². The van der Waals surface area contributed by atoms with Crippen LogP contribution in [0.25, 0.3) is 0 Å². The number of hydroxylamine groups is 1. The lowest BCUT2D eigenvalue weighted by atomic mass is 10.1.